The van der Waals surface area contributed by atoms with Crippen LogP contribution in [-0.2, 0) is 0 Å². The van der Waals surface area contributed by atoms with Crippen molar-refractivity contribution in [3.05, 3.63) is 12.2 Å². The summed E-state index contributed by atoms with van der Waals surface area (Å²) in [5.41, 5.74) is 0. The molecule has 0 radical (unpaired) electrons. The lowest BCUT2D eigenvalue weighted by molar-refractivity contribution is 0.814. The molecule has 0 rings (SSSR count). The molecule has 0 amide bonds. The van der Waals surface area contributed by atoms with Crippen molar-refractivity contribution in [2.75, 3.05) is 0 Å². The van der Waals surface area contributed by atoms with E-state index in [0.29, 0.717) is 0 Å². The number of unbranched alkanes of at least 4 members (excludes halogenated alkanes) is 2. The maximum absolute atomic E-state index is 2.21. The zero-order chi connectivity index (χ0) is 5.54. The molecule has 1 heteroatoms. The highest BCUT2D eigenvalue weighted by Crippen LogP contribution is 1.93. The summed E-state index contributed by atoms with van der Waals surface area (Å²) in [7, 11) is 0. The summed E-state index contributed by atoms with van der Waals surface area (Å²) in [6.07, 6.45) is 8.22. The van der Waals surface area contributed by atoms with Gasteiger partial charge in [-0.05, 0) is 13.3 Å². The van der Waals surface area contributed by atoms with Crippen molar-refractivity contribution in [2.45, 2.75) is 33.1 Å². The van der Waals surface area contributed by atoms with Crippen LogP contribution in [0.5, 0.6) is 0 Å². The first-order chi connectivity index (χ1) is 3.41. The van der Waals surface area contributed by atoms with Gasteiger partial charge in [-0.1, -0.05) is 31.9 Å². The maximum Gasteiger partial charge on any atom is -0.0351 e. The third-order valence-electron chi connectivity index (χ3n) is 0.960. The molecule has 0 aliphatic heterocycles. The van der Waals surface area contributed by atoms with Gasteiger partial charge in [0.15, 0.2) is 0 Å². The summed E-state index contributed by atoms with van der Waals surface area (Å²) < 4.78 is 0. The lowest BCUT2D eigenvalue weighted by Crippen LogP contribution is -1.63. The predicted molar refractivity (Wildman–Crippen MR) is 41.6 cm³/mol. The summed E-state index contributed by atoms with van der Waals surface area (Å²) >= 11 is 0. The normalized spacial score (nSPS) is 9.25. The highest BCUT2D eigenvalue weighted by molar-refractivity contribution is 5.85. The summed E-state index contributed by atoms with van der Waals surface area (Å²) in [6.45, 7) is 4.28. The minimum atomic E-state index is 0. The Bertz CT molecular complexity index is 48.3. The van der Waals surface area contributed by atoms with E-state index < -0.39 is 0 Å². The Morgan fingerprint density at radius 1 is 1.38 bits per heavy atom. The molecule has 0 bridgehead atoms. The van der Waals surface area contributed by atoms with Crippen molar-refractivity contribution in [1.29, 1.82) is 0 Å². The fraction of sp³-hybridized carbons (Fsp3) is 0.714. The zero-order valence-electron chi connectivity index (χ0n) is 5.68. The Hall–Kier alpha value is 0.0300. The average molecular weight is 135 g/mol. The topological polar surface area (TPSA) is 0 Å². The summed E-state index contributed by atoms with van der Waals surface area (Å²) in [5.74, 6) is 0. The van der Waals surface area contributed by atoms with Crippen molar-refractivity contribution >= 4 is 12.4 Å². The van der Waals surface area contributed by atoms with E-state index in [-0.39, 0.29) is 12.4 Å². The van der Waals surface area contributed by atoms with E-state index >= 15 is 0 Å². The van der Waals surface area contributed by atoms with E-state index in [1.165, 1.54) is 19.3 Å². The van der Waals surface area contributed by atoms with E-state index in [4.69, 9.17) is 0 Å². The molecule has 0 saturated heterocycles. The highest BCUT2D eigenvalue weighted by atomic mass is 35.5. The number of hydrogen-bond donors (Lipinski definition) is 0. The second kappa shape index (κ2) is 10.1. The van der Waals surface area contributed by atoms with Gasteiger partial charge >= 0.3 is 0 Å². The molecule has 0 fully saturated rings. The minimum absolute atomic E-state index is 0. The minimum Gasteiger partial charge on any atom is -0.147 e. The van der Waals surface area contributed by atoms with Gasteiger partial charge in [0.2, 0.25) is 0 Å². The van der Waals surface area contributed by atoms with Crippen LogP contribution in [0.1, 0.15) is 33.1 Å². The van der Waals surface area contributed by atoms with Crippen LogP contribution in [0, 0.1) is 0 Å². The monoisotopic (exact) mass is 134 g/mol. The summed E-state index contributed by atoms with van der Waals surface area (Å²) in [6, 6.07) is 0. The van der Waals surface area contributed by atoms with Gasteiger partial charge in [0, 0.05) is 0 Å². The van der Waals surface area contributed by atoms with E-state index in [0.717, 1.165) is 0 Å². The van der Waals surface area contributed by atoms with Gasteiger partial charge in [0.05, 0.1) is 0 Å². The van der Waals surface area contributed by atoms with Crippen LogP contribution in [0.3, 0.4) is 0 Å². The Labute approximate surface area is 58.4 Å². The van der Waals surface area contributed by atoms with Gasteiger partial charge in [0.25, 0.3) is 0 Å². The number of hydrogen-bond acceptors (Lipinski definition) is 0. The SMILES string of the molecule is CC=CCCCC.Cl. The number of allylic oxidation sites excluding steroid dienone is 2. The first-order valence-corrected chi connectivity index (χ1v) is 3.03. The first-order valence-electron chi connectivity index (χ1n) is 3.03. The van der Waals surface area contributed by atoms with Crippen molar-refractivity contribution in [1.82, 2.24) is 0 Å². The third-order valence-corrected chi connectivity index (χ3v) is 0.960. The van der Waals surface area contributed by atoms with Crippen LogP contribution in [0.15, 0.2) is 12.2 Å². The molecule has 0 nitrogen and oxygen atoms in total. The highest BCUT2D eigenvalue weighted by Gasteiger charge is 1.73. The maximum atomic E-state index is 2.21. The van der Waals surface area contributed by atoms with Crippen LogP contribution in [-0.4, -0.2) is 0 Å². The van der Waals surface area contributed by atoms with Gasteiger partial charge in [-0.25, -0.2) is 0 Å². The van der Waals surface area contributed by atoms with Gasteiger partial charge in [0.1, 0.15) is 0 Å². The Morgan fingerprint density at radius 2 is 2.00 bits per heavy atom. The third kappa shape index (κ3) is 9.39. The van der Waals surface area contributed by atoms with Crippen molar-refractivity contribution < 1.29 is 0 Å². The quantitative estimate of drug-likeness (QED) is 0.411. The van der Waals surface area contributed by atoms with Crippen LogP contribution in [0.25, 0.3) is 0 Å². The molecule has 0 aliphatic carbocycles. The molecule has 0 aromatic rings. The molecule has 0 N–H and O–H groups in total. The fourth-order valence-electron chi connectivity index (χ4n) is 0.489. The lowest BCUT2D eigenvalue weighted by atomic mass is 10.2. The van der Waals surface area contributed by atoms with E-state index in [1.54, 1.807) is 0 Å². The van der Waals surface area contributed by atoms with Gasteiger partial charge in [-0.15, -0.1) is 12.4 Å². The first kappa shape index (κ1) is 10.9. The van der Waals surface area contributed by atoms with Gasteiger partial charge < -0.3 is 0 Å². The number of rotatable bonds is 3. The van der Waals surface area contributed by atoms with Crippen LogP contribution in [0.4, 0.5) is 0 Å². The molecule has 8 heavy (non-hydrogen) atoms. The second-order valence-corrected chi connectivity index (χ2v) is 1.71. The number of halogens is 1. The Kier molecular flexibility index (Phi) is 13.8. The van der Waals surface area contributed by atoms with Crippen LogP contribution < -0.4 is 0 Å². The fourth-order valence-corrected chi connectivity index (χ4v) is 0.489. The van der Waals surface area contributed by atoms with Crippen LogP contribution >= 0.6 is 12.4 Å². The van der Waals surface area contributed by atoms with E-state index in [2.05, 4.69) is 26.0 Å². The average Bonchev–Trinajstić information content (AvgIpc) is 1.69. The van der Waals surface area contributed by atoms with E-state index in [9.17, 15) is 0 Å². The largest absolute Gasteiger partial charge is 0.147 e. The zero-order valence-corrected chi connectivity index (χ0v) is 6.50. The van der Waals surface area contributed by atoms with E-state index in [1.807, 2.05) is 0 Å². The molecule has 0 aromatic heterocycles. The Balaban J connectivity index is 0. The molecule has 50 valence electrons. The van der Waals surface area contributed by atoms with Gasteiger partial charge in [-0.3, -0.25) is 0 Å². The lowest BCUT2D eigenvalue weighted by Gasteiger charge is -1.83. The predicted octanol–water partition coefficient (Wildman–Crippen LogP) is 3.17. The molecule has 0 heterocycles. The van der Waals surface area contributed by atoms with Crippen molar-refractivity contribution in [2.24, 2.45) is 0 Å². The van der Waals surface area contributed by atoms with Crippen LogP contribution in [0.2, 0.25) is 0 Å². The molecule has 0 atom stereocenters. The molecule has 0 saturated carbocycles. The molecular weight excluding hydrogens is 120 g/mol. The Morgan fingerprint density at radius 3 is 2.38 bits per heavy atom. The van der Waals surface area contributed by atoms with Crippen molar-refractivity contribution in [3.8, 4) is 0 Å². The summed E-state index contributed by atoms with van der Waals surface area (Å²) in [5, 5.41) is 0. The standard InChI is InChI=1S/C7H14.ClH/c1-3-5-7-6-4-2;/h3,5H,4,6-7H2,1-2H3;1H. The van der Waals surface area contributed by atoms with Gasteiger partial charge in [-0.2, -0.15) is 0 Å². The molecule has 0 aromatic carbocycles. The molecule has 0 spiro atoms. The molecule has 0 unspecified atom stereocenters. The molecule has 0 aliphatic rings. The smallest absolute Gasteiger partial charge is 0.0351 e. The molecular formula is C7H15Cl. The summed E-state index contributed by atoms with van der Waals surface area (Å²) in [4.78, 5) is 0. The second-order valence-electron chi connectivity index (χ2n) is 1.71. The van der Waals surface area contributed by atoms with Crippen molar-refractivity contribution in [3.63, 3.8) is 0 Å².